The molecule has 0 saturated carbocycles. The van der Waals surface area contributed by atoms with Crippen LogP contribution in [0.2, 0.25) is 12.1 Å². The molecule has 0 aliphatic carbocycles. The van der Waals surface area contributed by atoms with Crippen molar-refractivity contribution in [2.24, 2.45) is 0 Å². The van der Waals surface area contributed by atoms with Gasteiger partial charge >= 0.3 is 54.7 Å². The van der Waals surface area contributed by atoms with Gasteiger partial charge in [-0.1, -0.05) is 121 Å². The number of aryl methyl sites for hydroxylation is 4. The van der Waals surface area contributed by atoms with Gasteiger partial charge < -0.3 is 24.8 Å². The molecule has 0 heterocycles. The van der Waals surface area contributed by atoms with E-state index in [1.54, 1.807) is 23.3 Å². The van der Waals surface area contributed by atoms with Crippen LogP contribution in [0.5, 0.6) is 0 Å². The molecule has 8 rings (SSSR count). The van der Waals surface area contributed by atoms with E-state index in [9.17, 15) is 0 Å². The predicted octanol–water partition coefficient (Wildman–Crippen LogP) is 7.82. The summed E-state index contributed by atoms with van der Waals surface area (Å²) in [5, 5.41) is 10.6. The van der Waals surface area contributed by atoms with E-state index in [0.717, 1.165) is 6.42 Å². The first-order valence-corrected chi connectivity index (χ1v) is 23.3. The average Bonchev–Trinajstić information content (AvgIpc) is 3.72. The molecule has 0 aliphatic heterocycles. The van der Waals surface area contributed by atoms with Crippen LogP contribution >= 0.6 is 0 Å². The number of halogens is 2. The van der Waals surface area contributed by atoms with Crippen LogP contribution in [0.1, 0.15) is 43.0 Å². The first-order valence-electron chi connectivity index (χ1n) is 17.7. The largest absolute Gasteiger partial charge is 1.00 e. The molecular weight excluding hydrogens is 755 g/mol. The summed E-state index contributed by atoms with van der Waals surface area (Å²) in [6.45, 7) is 13.3. The number of hydrogen-bond acceptors (Lipinski definition) is 0. The van der Waals surface area contributed by atoms with Gasteiger partial charge in [-0.25, -0.2) is 0 Å². The van der Waals surface area contributed by atoms with Gasteiger partial charge in [0.15, 0.2) is 0 Å². The fourth-order valence-electron chi connectivity index (χ4n) is 6.80. The third kappa shape index (κ3) is 9.60. The minimum atomic E-state index is 0. The Bertz CT molecular complexity index is 2410. The fraction of sp³-hybridized carbons (Fsp3) is 0.191. The van der Waals surface area contributed by atoms with Gasteiger partial charge in [0.25, 0.3) is 0 Å². The summed E-state index contributed by atoms with van der Waals surface area (Å²) in [4.78, 5) is 0. The van der Waals surface area contributed by atoms with Gasteiger partial charge in [-0.2, -0.15) is 12.1 Å². The Morgan fingerprint density at radius 1 is 0.510 bits per heavy atom. The van der Waals surface area contributed by atoms with Gasteiger partial charge in [-0.3, -0.25) is 0 Å². The van der Waals surface area contributed by atoms with Crippen molar-refractivity contribution in [2.45, 2.75) is 60.1 Å². The second-order valence-electron chi connectivity index (χ2n) is 13.3. The van der Waals surface area contributed by atoms with Crippen LogP contribution in [0.4, 0.5) is 0 Å². The SMILES string of the molecule is CC[Si](=[Zr+2])CC.CCc1cc2c(-c3ccc4ccccc4c3)cc(C)cc2[cH-]1.Cc1cc(-c2ccc3ccccc3c2)c2cc(C)[cH-]c2c1.[Cl-].[Cl-]. The average molecular weight is 801 g/mol. The summed E-state index contributed by atoms with van der Waals surface area (Å²) in [6, 6.07) is 52.0. The summed E-state index contributed by atoms with van der Waals surface area (Å²) in [5.41, 5.74) is 10.9. The van der Waals surface area contributed by atoms with Gasteiger partial charge in [0.2, 0.25) is 0 Å². The molecule has 0 unspecified atom stereocenters. The minimum absolute atomic E-state index is 0. The van der Waals surface area contributed by atoms with Crippen LogP contribution in [0, 0.1) is 20.8 Å². The summed E-state index contributed by atoms with van der Waals surface area (Å²) >= 11 is 1.80. The molecule has 0 N–H and O–H groups in total. The zero-order valence-electron chi connectivity index (χ0n) is 30.6. The molecule has 258 valence electrons. The Labute approximate surface area is 332 Å². The van der Waals surface area contributed by atoms with Crippen LogP contribution in [-0.4, -0.2) is 5.43 Å². The van der Waals surface area contributed by atoms with Crippen molar-refractivity contribution in [3.8, 4) is 22.3 Å². The summed E-state index contributed by atoms with van der Waals surface area (Å²) in [6.07, 6.45) is 1.09. The van der Waals surface area contributed by atoms with Crippen LogP contribution < -0.4 is 24.8 Å². The molecule has 0 aromatic heterocycles. The third-order valence-electron chi connectivity index (χ3n) is 9.52. The Hall–Kier alpha value is -3.26. The van der Waals surface area contributed by atoms with Crippen molar-refractivity contribution in [3.63, 3.8) is 0 Å². The van der Waals surface area contributed by atoms with Crippen molar-refractivity contribution >= 4 is 48.5 Å². The van der Waals surface area contributed by atoms with Crippen LogP contribution in [0.25, 0.3) is 65.3 Å². The fourth-order valence-corrected chi connectivity index (χ4v) is 7.30. The van der Waals surface area contributed by atoms with E-state index in [-0.39, 0.29) is 30.2 Å². The van der Waals surface area contributed by atoms with Gasteiger partial charge in [0.05, 0.1) is 0 Å². The molecule has 8 aromatic rings. The molecule has 0 spiro atoms. The van der Waals surface area contributed by atoms with E-state index in [1.807, 2.05) is 0 Å². The Morgan fingerprint density at radius 2 is 0.961 bits per heavy atom. The van der Waals surface area contributed by atoms with E-state index in [0.29, 0.717) is 0 Å². The predicted molar refractivity (Wildman–Crippen MR) is 215 cm³/mol. The Kier molecular flexibility index (Phi) is 14.7. The topological polar surface area (TPSA) is 0 Å². The molecule has 0 nitrogen and oxygen atoms in total. The molecular formula is C47H46Cl2SiZr-2. The number of fused-ring (bicyclic) bond motifs is 4. The van der Waals surface area contributed by atoms with Crippen LogP contribution in [0.3, 0.4) is 0 Å². The normalized spacial score (nSPS) is 10.6. The third-order valence-corrected chi connectivity index (χ3v) is 16.4. The Morgan fingerprint density at radius 3 is 1.41 bits per heavy atom. The molecule has 4 heteroatoms. The van der Waals surface area contributed by atoms with E-state index >= 15 is 0 Å². The maximum Gasteiger partial charge on any atom is -0.0178 e. The number of hydrogen-bond donors (Lipinski definition) is 0. The second kappa shape index (κ2) is 18.5. The van der Waals surface area contributed by atoms with E-state index in [2.05, 4.69) is 175 Å². The zero-order chi connectivity index (χ0) is 34.5. The van der Waals surface area contributed by atoms with E-state index < -0.39 is 0 Å². The maximum absolute atomic E-state index is 2.35. The molecule has 0 fully saturated rings. The van der Waals surface area contributed by atoms with Gasteiger partial charge in [-0.05, 0) is 65.1 Å². The smallest absolute Gasteiger partial charge is 0.0178 e. The van der Waals surface area contributed by atoms with Crippen molar-refractivity contribution in [1.82, 2.24) is 0 Å². The summed E-state index contributed by atoms with van der Waals surface area (Å²) in [5.74, 6) is 0. The molecule has 0 bridgehead atoms. The van der Waals surface area contributed by atoms with Gasteiger partial charge in [-0.15, -0.1) is 56.9 Å². The minimum Gasteiger partial charge on any atom is -1.00 e. The van der Waals surface area contributed by atoms with Crippen molar-refractivity contribution in [2.75, 3.05) is 0 Å². The molecule has 0 atom stereocenters. The van der Waals surface area contributed by atoms with Crippen LogP contribution in [-0.2, 0) is 29.8 Å². The summed E-state index contributed by atoms with van der Waals surface area (Å²) in [7, 11) is 0. The second-order valence-corrected chi connectivity index (χ2v) is 21.2. The van der Waals surface area contributed by atoms with Crippen molar-refractivity contribution in [1.29, 1.82) is 0 Å². The van der Waals surface area contributed by atoms with Crippen molar-refractivity contribution in [3.05, 3.63) is 156 Å². The quantitative estimate of drug-likeness (QED) is 0.123. The maximum atomic E-state index is 2.35. The standard InChI is InChI=1S/C22H19.C21H17.C4H10Si.2ClH.Zr/c1-3-16-12-20-10-15(2)11-21(22(20)13-16)19-9-8-17-6-4-5-7-18(17)14-19;1-14-9-19-10-15(2)12-21(19)20(11-14)18-8-7-16-5-3-4-6-17(16)13-18;1-3-5-4-2;;;/h4-14H,3H2,1-2H3;3-13H,1-2H3;3-4H2,1-2H3;2*1H;/q2*-1;;;;+2/p-2. The van der Waals surface area contributed by atoms with Gasteiger partial charge in [0, 0.05) is 0 Å². The monoisotopic (exact) mass is 798 g/mol. The first-order chi connectivity index (χ1) is 23.8. The summed E-state index contributed by atoms with van der Waals surface area (Å²) < 4.78 is 0. The molecule has 0 amide bonds. The molecule has 0 saturated heterocycles. The van der Waals surface area contributed by atoms with E-state index in [1.165, 1.54) is 99.7 Å². The van der Waals surface area contributed by atoms with Crippen LogP contribution in [0.15, 0.2) is 133 Å². The van der Waals surface area contributed by atoms with E-state index in [4.69, 9.17) is 0 Å². The molecule has 0 radical (unpaired) electrons. The Balaban J connectivity index is 0.000000192. The first kappa shape index (κ1) is 40.5. The van der Waals surface area contributed by atoms with Gasteiger partial charge in [0.1, 0.15) is 0 Å². The molecule has 0 aliphatic rings. The molecule has 51 heavy (non-hydrogen) atoms. The number of benzene rings is 6. The number of rotatable bonds is 5. The zero-order valence-corrected chi connectivity index (χ0v) is 35.5. The molecule has 8 aromatic carbocycles. The van der Waals surface area contributed by atoms with Crippen molar-refractivity contribution < 1.29 is 48.1 Å².